The van der Waals surface area contributed by atoms with E-state index in [1.54, 1.807) is 6.07 Å². The monoisotopic (exact) mass is 283 g/mol. The van der Waals surface area contributed by atoms with E-state index in [1.165, 1.54) is 5.56 Å². The SMILES string of the molecule is CC(C)c1c(Br)ccc(C(N)=O)c1C(C)C. The Morgan fingerprint density at radius 1 is 1.12 bits per heavy atom. The minimum Gasteiger partial charge on any atom is -0.366 e. The Balaban J connectivity index is 3.56. The predicted octanol–water partition coefficient (Wildman–Crippen LogP) is 3.79. The van der Waals surface area contributed by atoms with Crippen molar-refractivity contribution in [2.45, 2.75) is 39.5 Å². The Kier molecular flexibility index (Phi) is 4.14. The lowest BCUT2D eigenvalue weighted by Crippen LogP contribution is -2.16. The van der Waals surface area contributed by atoms with Crippen molar-refractivity contribution in [1.82, 2.24) is 0 Å². The van der Waals surface area contributed by atoms with E-state index < -0.39 is 0 Å². The molecule has 88 valence electrons. The van der Waals surface area contributed by atoms with Gasteiger partial charge in [0.05, 0.1) is 0 Å². The summed E-state index contributed by atoms with van der Waals surface area (Å²) in [6.45, 7) is 8.41. The fraction of sp³-hybridized carbons (Fsp3) is 0.462. The maximum absolute atomic E-state index is 11.4. The average molecular weight is 284 g/mol. The van der Waals surface area contributed by atoms with Crippen molar-refractivity contribution in [1.29, 1.82) is 0 Å². The van der Waals surface area contributed by atoms with E-state index in [4.69, 9.17) is 5.73 Å². The van der Waals surface area contributed by atoms with Gasteiger partial charge >= 0.3 is 0 Å². The van der Waals surface area contributed by atoms with Crippen molar-refractivity contribution in [2.75, 3.05) is 0 Å². The Morgan fingerprint density at radius 3 is 2.00 bits per heavy atom. The number of hydrogen-bond acceptors (Lipinski definition) is 1. The molecule has 0 atom stereocenters. The van der Waals surface area contributed by atoms with Crippen LogP contribution in [0, 0.1) is 0 Å². The van der Waals surface area contributed by atoms with Gasteiger partial charge in [0, 0.05) is 10.0 Å². The number of amides is 1. The zero-order valence-corrected chi connectivity index (χ0v) is 11.8. The van der Waals surface area contributed by atoms with Gasteiger partial charge < -0.3 is 5.73 Å². The smallest absolute Gasteiger partial charge is 0.248 e. The van der Waals surface area contributed by atoms with Crippen molar-refractivity contribution in [3.8, 4) is 0 Å². The lowest BCUT2D eigenvalue weighted by Gasteiger charge is -2.20. The molecule has 16 heavy (non-hydrogen) atoms. The first-order chi connectivity index (χ1) is 7.36. The minimum atomic E-state index is -0.349. The zero-order chi connectivity index (χ0) is 12.5. The molecule has 0 heterocycles. The molecule has 2 N–H and O–H groups in total. The predicted molar refractivity (Wildman–Crippen MR) is 70.8 cm³/mol. The number of nitrogens with two attached hydrogens (primary N) is 1. The lowest BCUT2D eigenvalue weighted by atomic mass is 9.87. The summed E-state index contributed by atoms with van der Waals surface area (Å²) in [5.74, 6) is 0.307. The van der Waals surface area contributed by atoms with Crippen molar-refractivity contribution in [3.05, 3.63) is 33.3 Å². The van der Waals surface area contributed by atoms with Crippen LogP contribution in [-0.2, 0) is 0 Å². The van der Waals surface area contributed by atoms with Crippen LogP contribution in [0.5, 0.6) is 0 Å². The standard InChI is InChI=1S/C13H18BrNO/c1-7(2)11-9(13(15)16)5-6-10(14)12(11)8(3)4/h5-8H,1-4H3,(H2,15,16). The maximum Gasteiger partial charge on any atom is 0.248 e. The highest BCUT2D eigenvalue weighted by Gasteiger charge is 2.19. The van der Waals surface area contributed by atoms with Gasteiger partial charge in [-0.25, -0.2) is 0 Å². The molecule has 1 aromatic rings. The summed E-state index contributed by atoms with van der Waals surface area (Å²) < 4.78 is 1.05. The second kappa shape index (κ2) is 5.00. The number of hydrogen-bond donors (Lipinski definition) is 1. The van der Waals surface area contributed by atoms with Gasteiger partial charge in [-0.2, -0.15) is 0 Å². The van der Waals surface area contributed by atoms with Crippen LogP contribution in [0.3, 0.4) is 0 Å². The highest BCUT2D eigenvalue weighted by atomic mass is 79.9. The maximum atomic E-state index is 11.4. The van der Waals surface area contributed by atoms with Crippen LogP contribution in [0.25, 0.3) is 0 Å². The van der Waals surface area contributed by atoms with E-state index in [2.05, 4.69) is 43.6 Å². The summed E-state index contributed by atoms with van der Waals surface area (Å²) >= 11 is 3.55. The normalized spacial score (nSPS) is 11.2. The summed E-state index contributed by atoms with van der Waals surface area (Å²) in [5.41, 5.74) is 8.31. The van der Waals surface area contributed by atoms with Crippen LogP contribution in [0.2, 0.25) is 0 Å². The van der Waals surface area contributed by atoms with Gasteiger partial charge in [0.2, 0.25) is 5.91 Å². The second-order valence-electron chi connectivity index (χ2n) is 4.60. The molecule has 0 aliphatic heterocycles. The van der Waals surface area contributed by atoms with Gasteiger partial charge in [-0.15, -0.1) is 0 Å². The van der Waals surface area contributed by atoms with Gasteiger partial charge in [0.15, 0.2) is 0 Å². The third-order valence-electron chi connectivity index (χ3n) is 2.65. The Morgan fingerprint density at radius 2 is 1.62 bits per heavy atom. The average Bonchev–Trinajstić information content (AvgIpc) is 2.15. The summed E-state index contributed by atoms with van der Waals surface area (Å²) in [6.07, 6.45) is 0. The molecule has 1 amide bonds. The van der Waals surface area contributed by atoms with Crippen molar-refractivity contribution < 1.29 is 4.79 Å². The Bertz CT molecular complexity index is 411. The molecule has 0 aromatic heterocycles. The molecule has 0 unspecified atom stereocenters. The number of carbonyl (C=O) groups excluding carboxylic acids is 1. The third-order valence-corrected chi connectivity index (χ3v) is 3.35. The van der Waals surface area contributed by atoms with Crippen molar-refractivity contribution in [3.63, 3.8) is 0 Å². The largest absolute Gasteiger partial charge is 0.366 e. The fourth-order valence-electron chi connectivity index (χ4n) is 2.03. The number of benzene rings is 1. The molecule has 2 nitrogen and oxygen atoms in total. The summed E-state index contributed by atoms with van der Waals surface area (Å²) in [5, 5.41) is 0. The number of carbonyl (C=O) groups is 1. The number of primary amides is 1. The quantitative estimate of drug-likeness (QED) is 0.901. The van der Waals surface area contributed by atoms with E-state index in [-0.39, 0.29) is 11.8 Å². The van der Waals surface area contributed by atoms with Crippen LogP contribution in [0.15, 0.2) is 16.6 Å². The zero-order valence-electron chi connectivity index (χ0n) is 10.2. The van der Waals surface area contributed by atoms with Crippen LogP contribution in [0.1, 0.15) is 61.0 Å². The van der Waals surface area contributed by atoms with Crippen molar-refractivity contribution in [2.24, 2.45) is 5.73 Å². The molecule has 0 aliphatic rings. The van der Waals surface area contributed by atoms with E-state index in [0.717, 1.165) is 10.0 Å². The molecule has 0 spiro atoms. The van der Waals surface area contributed by atoms with Crippen LogP contribution in [-0.4, -0.2) is 5.91 Å². The molecular weight excluding hydrogens is 266 g/mol. The first-order valence-corrected chi connectivity index (χ1v) is 6.27. The second-order valence-corrected chi connectivity index (χ2v) is 5.45. The van der Waals surface area contributed by atoms with Gasteiger partial charge in [-0.05, 0) is 35.1 Å². The van der Waals surface area contributed by atoms with Gasteiger partial charge in [0.25, 0.3) is 0 Å². The van der Waals surface area contributed by atoms with Crippen molar-refractivity contribution >= 4 is 21.8 Å². The Labute approximate surface area is 105 Å². The molecule has 3 heteroatoms. The van der Waals surface area contributed by atoms with Crippen LogP contribution >= 0.6 is 15.9 Å². The first-order valence-electron chi connectivity index (χ1n) is 5.48. The number of rotatable bonds is 3. The van der Waals surface area contributed by atoms with Gasteiger partial charge in [-0.3, -0.25) is 4.79 Å². The summed E-state index contributed by atoms with van der Waals surface area (Å²) in [4.78, 5) is 11.4. The van der Waals surface area contributed by atoms with E-state index in [0.29, 0.717) is 11.5 Å². The first kappa shape index (κ1) is 13.2. The van der Waals surface area contributed by atoms with Gasteiger partial charge in [-0.1, -0.05) is 43.6 Å². The highest BCUT2D eigenvalue weighted by molar-refractivity contribution is 9.10. The lowest BCUT2D eigenvalue weighted by molar-refractivity contribution is 0.0999. The molecule has 0 aliphatic carbocycles. The highest BCUT2D eigenvalue weighted by Crippen LogP contribution is 2.34. The molecule has 1 rings (SSSR count). The van der Waals surface area contributed by atoms with Crippen LogP contribution < -0.4 is 5.73 Å². The topological polar surface area (TPSA) is 43.1 Å². The third kappa shape index (κ3) is 2.46. The summed E-state index contributed by atoms with van der Waals surface area (Å²) in [7, 11) is 0. The van der Waals surface area contributed by atoms with E-state index in [1.807, 2.05) is 6.07 Å². The molecule has 0 fully saturated rings. The fourth-order valence-corrected chi connectivity index (χ4v) is 2.84. The molecule has 0 saturated heterocycles. The number of halogens is 1. The van der Waals surface area contributed by atoms with E-state index in [9.17, 15) is 4.79 Å². The molecule has 1 aromatic carbocycles. The molecule has 0 bridgehead atoms. The van der Waals surface area contributed by atoms with Gasteiger partial charge in [0.1, 0.15) is 0 Å². The minimum absolute atomic E-state index is 0.289. The van der Waals surface area contributed by atoms with E-state index >= 15 is 0 Å². The molecule has 0 saturated carbocycles. The molecular formula is C13H18BrNO. The Hall–Kier alpha value is -0.830. The van der Waals surface area contributed by atoms with Crippen LogP contribution in [0.4, 0.5) is 0 Å². The summed E-state index contributed by atoms with van der Waals surface area (Å²) in [6, 6.07) is 3.70. The molecule has 0 radical (unpaired) electrons.